The summed E-state index contributed by atoms with van der Waals surface area (Å²) in [5.41, 5.74) is 1.50. The summed E-state index contributed by atoms with van der Waals surface area (Å²) >= 11 is 3.26. The molecule has 1 heterocycles. The highest BCUT2D eigenvalue weighted by Gasteiger charge is 2.17. The molecule has 29 heavy (non-hydrogen) atoms. The van der Waals surface area contributed by atoms with E-state index in [0.717, 1.165) is 5.69 Å². The van der Waals surface area contributed by atoms with Crippen molar-refractivity contribution >= 4 is 37.6 Å². The lowest BCUT2D eigenvalue weighted by atomic mass is 10.2. The quantitative estimate of drug-likeness (QED) is 0.567. The van der Waals surface area contributed by atoms with Gasteiger partial charge in [0.15, 0.2) is 0 Å². The van der Waals surface area contributed by atoms with Crippen molar-refractivity contribution in [1.29, 1.82) is 0 Å². The summed E-state index contributed by atoms with van der Waals surface area (Å²) in [7, 11) is -0.903. The first-order valence-electron chi connectivity index (χ1n) is 8.41. The van der Waals surface area contributed by atoms with Gasteiger partial charge in [0.2, 0.25) is 0 Å². The van der Waals surface area contributed by atoms with E-state index in [4.69, 9.17) is 0 Å². The van der Waals surface area contributed by atoms with E-state index < -0.39 is 16.0 Å². The summed E-state index contributed by atoms with van der Waals surface area (Å²) in [4.78, 5) is 24.0. The third-order valence-corrected chi connectivity index (χ3v) is 6.72. The Morgan fingerprint density at radius 2 is 1.79 bits per heavy atom. The van der Waals surface area contributed by atoms with Crippen molar-refractivity contribution in [3.8, 4) is 5.69 Å². The van der Waals surface area contributed by atoms with Crippen LogP contribution in [-0.2, 0) is 21.8 Å². The molecule has 2 aromatic carbocycles. The summed E-state index contributed by atoms with van der Waals surface area (Å²) in [5.74, 6) is -0.565. The number of rotatable bonds is 5. The molecule has 0 amide bonds. The number of nitrogens with zero attached hydrogens (tertiary/aromatic N) is 2. The lowest BCUT2D eigenvalue weighted by Gasteiger charge is -2.11. The largest absolute Gasteiger partial charge is 0.465 e. The lowest BCUT2D eigenvalue weighted by molar-refractivity contribution is 0.0600. The first kappa shape index (κ1) is 20.9. The Kier molecular flexibility index (Phi) is 5.67. The third-order valence-electron chi connectivity index (χ3n) is 4.41. The molecule has 8 nitrogen and oxygen atoms in total. The molecule has 1 aromatic heterocycles. The third kappa shape index (κ3) is 3.99. The van der Waals surface area contributed by atoms with Gasteiger partial charge in [-0.2, -0.15) is 0 Å². The van der Waals surface area contributed by atoms with Gasteiger partial charge in [-0.05, 0) is 65.3 Å². The van der Waals surface area contributed by atoms with E-state index in [1.807, 2.05) is 0 Å². The highest BCUT2D eigenvalue weighted by atomic mass is 79.9. The average molecular weight is 480 g/mol. The molecule has 3 aromatic rings. The molecule has 0 saturated carbocycles. The van der Waals surface area contributed by atoms with E-state index >= 15 is 0 Å². The maximum Gasteiger partial charge on any atom is 0.337 e. The van der Waals surface area contributed by atoms with Crippen LogP contribution in [0.3, 0.4) is 0 Å². The minimum atomic E-state index is -3.89. The number of halogens is 1. The Morgan fingerprint density at radius 3 is 2.34 bits per heavy atom. The van der Waals surface area contributed by atoms with Crippen molar-refractivity contribution in [2.45, 2.75) is 11.8 Å². The number of carbonyl (C=O) groups is 1. The Hall–Kier alpha value is -2.85. The topological polar surface area (TPSA) is 99.4 Å². The zero-order chi connectivity index (χ0) is 21.3. The van der Waals surface area contributed by atoms with E-state index in [1.165, 1.54) is 42.1 Å². The second kappa shape index (κ2) is 7.88. The summed E-state index contributed by atoms with van der Waals surface area (Å²) < 4.78 is 36.0. The molecule has 0 aliphatic heterocycles. The van der Waals surface area contributed by atoms with E-state index in [-0.39, 0.29) is 21.7 Å². The molecular formula is C19H18BrN3O5S. The summed E-state index contributed by atoms with van der Waals surface area (Å²) in [6.45, 7) is 1.80. The van der Waals surface area contributed by atoms with Crippen molar-refractivity contribution in [3.05, 3.63) is 74.6 Å². The minimum absolute atomic E-state index is 0.0165. The second-order valence-electron chi connectivity index (χ2n) is 6.21. The van der Waals surface area contributed by atoms with Gasteiger partial charge in [0.25, 0.3) is 15.6 Å². The molecule has 152 valence electrons. The monoisotopic (exact) mass is 479 g/mol. The number of carbonyl (C=O) groups excluding carboxylic acids is 1. The fourth-order valence-electron chi connectivity index (χ4n) is 2.77. The second-order valence-corrected chi connectivity index (χ2v) is 8.69. The molecule has 10 heteroatoms. The van der Waals surface area contributed by atoms with Gasteiger partial charge in [0.05, 0.1) is 29.0 Å². The van der Waals surface area contributed by atoms with Gasteiger partial charge in [-0.25, -0.2) is 17.9 Å². The number of benzene rings is 2. The van der Waals surface area contributed by atoms with Gasteiger partial charge < -0.3 is 4.74 Å². The van der Waals surface area contributed by atoms with Crippen LogP contribution >= 0.6 is 15.9 Å². The van der Waals surface area contributed by atoms with Crippen LogP contribution in [0, 0.1) is 6.92 Å². The Balaban J connectivity index is 1.91. The highest BCUT2D eigenvalue weighted by molar-refractivity contribution is 9.10. The number of aromatic nitrogens is 2. The maximum atomic E-state index is 12.7. The fourth-order valence-corrected chi connectivity index (χ4v) is 4.25. The van der Waals surface area contributed by atoms with Crippen LogP contribution in [0.1, 0.15) is 16.1 Å². The van der Waals surface area contributed by atoms with Crippen LogP contribution < -0.4 is 10.3 Å². The van der Waals surface area contributed by atoms with Gasteiger partial charge in [-0.1, -0.05) is 6.07 Å². The van der Waals surface area contributed by atoms with Crippen LogP contribution in [-0.4, -0.2) is 30.9 Å². The zero-order valence-electron chi connectivity index (χ0n) is 15.8. The lowest BCUT2D eigenvalue weighted by Crippen LogP contribution is -2.20. The number of sulfonamides is 1. The molecule has 0 fully saturated rings. The Bertz CT molecular complexity index is 1240. The van der Waals surface area contributed by atoms with Crippen LogP contribution in [0.5, 0.6) is 0 Å². The van der Waals surface area contributed by atoms with Crippen molar-refractivity contribution in [2.75, 3.05) is 11.8 Å². The van der Waals surface area contributed by atoms with Crippen molar-refractivity contribution in [3.63, 3.8) is 0 Å². The molecule has 3 rings (SSSR count). The molecule has 0 unspecified atom stereocenters. The molecule has 0 aliphatic rings. The standard InChI is InChI=1S/C19H18BrN3O5S/c1-12-17(20)18(24)23(22(12)2)15-7-9-16(10-8-15)29(26,27)21-14-6-4-5-13(11-14)19(25)28-3/h4-11,21H,1-3H3. The number of hydrogen-bond acceptors (Lipinski definition) is 5. The molecular weight excluding hydrogens is 462 g/mol. The molecule has 0 aliphatic carbocycles. The first-order chi connectivity index (χ1) is 13.7. The highest BCUT2D eigenvalue weighted by Crippen LogP contribution is 2.20. The van der Waals surface area contributed by atoms with E-state index in [1.54, 1.807) is 36.9 Å². The van der Waals surface area contributed by atoms with Crippen LogP contribution in [0.15, 0.2) is 62.7 Å². The SMILES string of the molecule is COC(=O)c1cccc(NS(=O)(=O)c2ccc(-n3c(=O)c(Br)c(C)n3C)cc2)c1. The number of ether oxygens (including phenoxy) is 1. The summed E-state index contributed by atoms with van der Waals surface area (Å²) in [5, 5.41) is 0. The number of hydrogen-bond donors (Lipinski definition) is 1. The predicted octanol–water partition coefficient (Wildman–Crippen LogP) is 2.83. The van der Waals surface area contributed by atoms with Crippen molar-refractivity contribution in [2.24, 2.45) is 7.05 Å². The van der Waals surface area contributed by atoms with Gasteiger partial charge >= 0.3 is 5.97 Å². The van der Waals surface area contributed by atoms with Crippen molar-refractivity contribution < 1.29 is 17.9 Å². The van der Waals surface area contributed by atoms with Crippen molar-refractivity contribution in [1.82, 2.24) is 9.36 Å². The van der Waals surface area contributed by atoms with Gasteiger partial charge in [-0.15, -0.1) is 0 Å². The molecule has 0 atom stereocenters. The Labute approximate surface area is 175 Å². The maximum absolute atomic E-state index is 12.7. The molecule has 0 bridgehead atoms. The van der Waals surface area contributed by atoms with Crippen LogP contribution in [0.4, 0.5) is 5.69 Å². The molecule has 1 N–H and O–H groups in total. The fraction of sp³-hybridized carbons (Fsp3) is 0.158. The normalized spacial score (nSPS) is 11.3. The number of nitrogens with one attached hydrogen (secondary N) is 1. The molecule has 0 spiro atoms. The van der Waals surface area contributed by atoms with Gasteiger partial charge in [0.1, 0.15) is 4.47 Å². The van der Waals surface area contributed by atoms with Gasteiger partial charge in [0, 0.05) is 12.7 Å². The molecule has 0 saturated heterocycles. The van der Waals surface area contributed by atoms with Gasteiger partial charge in [-0.3, -0.25) is 14.2 Å². The zero-order valence-corrected chi connectivity index (χ0v) is 18.2. The average Bonchev–Trinajstić information content (AvgIpc) is 2.90. The summed E-state index contributed by atoms with van der Waals surface area (Å²) in [6.07, 6.45) is 0. The van der Waals surface area contributed by atoms with Crippen LogP contribution in [0.2, 0.25) is 0 Å². The van der Waals surface area contributed by atoms with Crippen LogP contribution in [0.25, 0.3) is 5.69 Å². The number of esters is 1. The van der Waals surface area contributed by atoms with E-state index in [2.05, 4.69) is 25.4 Å². The Morgan fingerprint density at radius 1 is 1.14 bits per heavy atom. The predicted molar refractivity (Wildman–Crippen MR) is 112 cm³/mol. The summed E-state index contributed by atoms with van der Waals surface area (Å²) in [6, 6.07) is 11.9. The number of anilines is 1. The number of methoxy groups -OCH3 is 1. The molecule has 0 radical (unpaired) electrons. The van der Waals surface area contributed by atoms with E-state index in [9.17, 15) is 18.0 Å². The minimum Gasteiger partial charge on any atom is -0.465 e. The smallest absolute Gasteiger partial charge is 0.337 e. The van der Waals surface area contributed by atoms with E-state index in [0.29, 0.717) is 10.2 Å². The first-order valence-corrected chi connectivity index (χ1v) is 10.7.